The Morgan fingerprint density at radius 2 is 1.03 bits per heavy atom. The molecule has 0 bridgehead atoms. The fraction of sp³-hybridized carbons (Fsp3) is 0. The number of fused-ring (bicyclic) bond motifs is 6. The number of nitrogens with one attached hydrogen (secondary N) is 1. The van der Waals surface area contributed by atoms with Crippen LogP contribution in [0.3, 0.4) is 0 Å². The molecule has 0 aliphatic carbocycles. The normalized spacial score (nSPS) is 11.6. The Morgan fingerprint density at radius 3 is 1.79 bits per heavy atom. The predicted molar refractivity (Wildman–Crippen MR) is 162 cm³/mol. The monoisotopic (exact) mass is 501 g/mol. The predicted octanol–water partition coefficient (Wildman–Crippen LogP) is 10.6. The van der Waals surface area contributed by atoms with Gasteiger partial charge in [0.25, 0.3) is 0 Å². The molecule has 0 spiro atoms. The van der Waals surface area contributed by atoms with Gasteiger partial charge in [-0.25, -0.2) is 0 Å². The minimum Gasteiger partial charge on any atom is -0.455 e. The summed E-state index contributed by atoms with van der Waals surface area (Å²) in [5, 5.41) is 8.12. The highest BCUT2D eigenvalue weighted by atomic mass is 16.3. The van der Waals surface area contributed by atoms with Gasteiger partial charge in [0, 0.05) is 32.8 Å². The Kier molecular flexibility index (Phi) is 4.82. The molecule has 0 saturated heterocycles. The van der Waals surface area contributed by atoms with E-state index in [1.807, 2.05) is 36.4 Å². The summed E-state index contributed by atoms with van der Waals surface area (Å²) in [4.78, 5) is 0. The molecule has 2 aromatic heterocycles. The van der Waals surface area contributed by atoms with E-state index >= 15 is 0 Å². The molecule has 3 heteroatoms. The summed E-state index contributed by atoms with van der Waals surface area (Å²) in [6.45, 7) is 0. The fourth-order valence-electron chi connectivity index (χ4n) is 5.67. The molecule has 1 N–H and O–H groups in total. The zero-order chi connectivity index (χ0) is 25.8. The lowest BCUT2D eigenvalue weighted by molar-refractivity contribution is 0.670. The van der Waals surface area contributed by atoms with E-state index in [0.717, 1.165) is 77.5 Å². The van der Waals surface area contributed by atoms with E-state index in [1.54, 1.807) is 0 Å². The third kappa shape index (κ3) is 3.52. The lowest BCUT2D eigenvalue weighted by atomic mass is 9.93. The third-order valence-corrected chi connectivity index (χ3v) is 7.48. The first kappa shape index (κ1) is 21.8. The molecule has 0 radical (unpaired) electrons. The molecule has 0 aliphatic rings. The summed E-state index contributed by atoms with van der Waals surface area (Å²) in [5.74, 6) is 0. The van der Waals surface area contributed by atoms with Crippen LogP contribution in [0.4, 0.5) is 11.4 Å². The summed E-state index contributed by atoms with van der Waals surface area (Å²) in [6.07, 6.45) is 0. The van der Waals surface area contributed by atoms with E-state index in [0.29, 0.717) is 0 Å². The third-order valence-electron chi connectivity index (χ3n) is 7.48. The average Bonchev–Trinajstić information content (AvgIpc) is 3.57. The Hall–Kier alpha value is -5.28. The molecule has 0 fully saturated rings. The SMILES string of the molecule is c1ccc(-c2cc(Nc3cccc4c3oc3ccccc34)ccc2-c2cccc3c2oc2ccccc23)cc1. The summed E-state index contributed by atoms with van der Waals surface area (Å²) < 4.78 is 12.7. The van der Waals surface area contributed by atoms with Crippen LogP contribution in [0.5, 0.6) is 0 Å². The molecule has 0 unspecified atom stereocenters. The standard InChI is InChI=1S/C36H23NO2/c1-2-10-23(11-3-1)31-22-24(37-32-17-9-16-30-27-13-5-7-19-34(27)39-36(30)32)20-21-25(31)28-14-8-15-29-26-12-4-6-18-33(26)38-35(28)29/h1-22,37H. The van der Waals surface area contributed by atoms with Crippen molar-refractivity contribution in [3.63, 3.8) is 0 Å². The number of benzene rings is 6. The summed E-state index contributed by atoms with van der Waals surface area (Å²) >= 11 is 0. The van der Waals surface area contributed by atoms with Crippen LogP contribution in [0.25, 0.3) is 66.1 Å². The number of anilines is 2. The first-order valence-electron chi connectivity index (χ1n) is 13.1. The van der Waals surface area contributed by atoms with Crippen molar-refractivity contribution in [2.24, 2.45) is 0 Å². The van der Waals surface area contributed by atoms with Crippen LogP contribution in [-0.4, -0.2) is 0 Å². The van der Waals surface area contributed by atoms with Gasteiger partial charge in [-0.1, -0.05) is 103 Å². The minimum absolute atomic E-state index is 0.857. The highest BCUT2D eigenvalue weighted by Crippen LogP contribution is 2.42. The van der Waals surface area contributed by atoms with Gasteiger partial charge in [0.05, 0.1) is 5.69 Å². The van der Waals surface area contributed by atoms with E-state index in [1.165, 1.54) is 0 Å². The van der Waals surface area contributed by atoms with Crippen molar-refractivity contribution in [2.45, 2.75) is 0 Å². The zero-order valence-electron chi connectivity index (χ0n) is 21.0. The summed E-state index contributed by atoms with van der Waals surface area (Å²) in [6, 6.07) is 46.1. The molecule has 3 nitrogen and oxygen atoms in total. The van der Waals surface area contributed by atoms with Gasteiger partial charge in [0.1, 0.15) is 16.7 Å². The second-order valence-electron chi connectivity index (χ2n) is 9.81. The fourth-order valence-corrected chi connectivity index (χ4v) is 5.67. The Morgan fingerprint density at radius 1 is 0.410 bits per heavy atom. The molecular formula is C36H23NO2. The van der Waals surface area contributed by atoms with Crippen molar-refractivity contribution in [3.05, 3.63) is 133 Å². The van der Waals surface area contributed by atoms with Crippen molar-refractivity contribution in [1.29, 1.82) is 0 Å². The number of hydrogen-bond donors (Lipinski definition) is 1. The van der Waals surface area contributed by atoms with Crippen LogP contribution in [-0.2, 0) is 0 Å². The second kappa shape index (κ2) is 8.64. The van der Waals surface area contributed by atoms with Crippen LogP contribution in [0.2, 0.25) is 0 Å². The molecule has 0 aliphatic heterocycles. The summed E-state index contributed by atoms with van der Waals surface area (Å²) in [5.41, 5.74) is 9.96. The van der Waals surface area contributed by atoms with Gasteiger partial charge >= 0.3 is 0 Å². The average molecular weight is 502 g/mol. The van der Waals surface area contributed by atoms with Gasteiger partial charge in [0.15, 0.2) is 5.58 Å². The molecule has 0 saturated carbocycles. The van der Waals surface area contributed by atoms with Crippen LogP contribution in [0.15, 0.2) is 142 Å². The number of furan rings is 2. The van der Waals surface area contributed by atoms with E-state index in [-0.39, 0.29) is 0 Å². The van der Waals surface area contributed by atoms with Crippen molar-refractivity contribution < 1.29 is 8.83 Å². The maximum absolute atomic E-state index is 6.40. The highest BCUT2D eigenvalue weighted by molar-refractivity contribution is 6.11. The van der Waals surface area contributed by atoms with Gasteiger partial charge in [-0.05, 0) is 47.0 Å². The van der Waals surface area contributed by atoms with Gasteiger partial charge in [-0.2, -0.15) is 0 Å². The quantitative estimate of drug-likeness (QED) is 0.261. The Balaban J connectivity index is 1.30. The topological polar surface area (TPSA) is 38.3 Å². The molecule has 0 amide bonds. The minimum atomic E-state index is 0.857. The first-order chi connectivity index (χ1) is 19.3. The zero-order valence-corrected chi connectivity index (χ0v) is 21.0. The van der Waals surface area contributed by atoms with Gasteiger partial charge in [-0.15, -0.1) is 0 Å². The number of para-hydroxylation sites is 4. The molecule has 184 valence electrons. The van der Waals surface area contributed by atoms with E-state index < -0.39 is 0 Å². The molecule has 0 atom stereocenters. The largest absolute Gasteiger partial charge is 0.455 e. The van der Waals surface area contributed by atoms with Crippen molar-refractivity contribution in [1.82, 2.24) is 0 Å². The van der Waals surface area contributed by atoms with Crippen LogP contribution < -0.4 is 5.32 Å². The maximum atomic E-state index is 6.40. The molecule has 6 aromatic carbocycles. The summed E-state index contributed by atoms with van der Waals surface area (Å²) in [7, 11) is 0. The lowest BCUT2D eigenvalue weighted by Crippen LogP contribution is -1.93. The number of rotatable bonds is 4. The number of hydrogen-bond acceptors (Lipinski definition) is 3. The van der Waals surface area contributed by atoms with E-state index in [4.69, 9.17) is 8.83 Å². The van der Waals surface area contributed by atoms with Crippen molar-refractivity contribution >= 4 is 55.3 Å². The lowest BCUT2D eigenvalue weighted by Gasteiger charge is -2.14. The van der Waals surface area contributed by atoms with E-state index in [2.05, 4.69) is 102 Å². The van der Waals surface area contributed by atoms with Crippen molar-refractivity contribution in [3.8, 4) is 22.3 Å². The van der Waals surface area contributed by atoms with Gasteiger partial charge < -0.3 is 14.2 Å². The molecule has 2 heterocycles. The van der Waals surface area contributed by atoms with Crippen LogP contribution in [0.1, 0.15) is 0 Å². The van der Waals surface area contributed by atoms with Crippen LogP contribution >= 0.6 is 0 Å². The smallest absolute Gasteiger partial charge is 0.158 e. The van der Waals surface area contributed by atoms with E-state index in [9.17, 15) is 0 Å². The Labute approximate surface area is 224 Å². The Bertz CT molecular complexity index is 2150. The maximum Gasteiger partial charge on any atom is 0.158 e. The van der Waals surface area contributed by atoms with Crippen molar-refractivity contribution in [2.75, 3.05) is 5.32 Å². The highest BCUT2D eigenvalue weighted by Gasteiger charge is 2.17. The molecular weight excluding hydrogens is 478 g/mol. The first-order valence-corrected chi connectivity index (χ1v) is 13.1. The molecule has 8 rings (SSSR count). The van der Waals surface area contributed by atoms with Gasteiger partial charge in [0.2, 0.25) is 0 Å². The van der Waals surface area contributed by atoms with Crippen LogP contribution in [0, 0.1) is 0 Å². The molecule has 8 aromatic rings. The molecule has 39 heavy (non-hydrogen) atoms. The van der Waals surface area contributed by atoms with Gasteiger partial charge in [-0.3, -0.25) is 0 Å². The second-order valence-corrected chi connectivity index (χ2v) is 9.81.